The van der Waals surface area contributed by atoms with Gasteiger partial charge in [0.25, 0.3) is 11.8 Å². The molecule has 0 radical (unpaired) electrons. The predicted octanol–water partition coefficient (Wildman–Crippen LogP) is 0.502. The summed E-state index contributed by atoms with van der Waals surface area (Å²) in [5.41, 5.74) is 0.643. The Hall–Kier alpha value is -1.95. The molecule has 0 aliphatic carbocycles. The van der Waals surface area contributed by atoms with Crippen LogP contribution in [-0.4, -0.2) is 37.5 Å². The number of halogens is 1. The Morgan fingerprint density at radius 2 is 1.77 bits per heavy atom. The summed E-state index contributed by atoms with van der Waals surface area (Å²) in [6, 6.07) is 4.62. The van der Waals surface area contributed by atoms with Crippen LogP contribution in [0.5, 0.6) is 0 Å². The molecule has 22 heavy (non-hydrogen) atoms. The van der Waals surface area contributed by atoms with Crippen molar-refractivity contribution in [3.8, 4) is 0 Å². The summed E-state index contributed by atoms with van der Waals surface area (Å²) >= 11 is 0. The van der Waals surface area contributed by atoms with Crippen LogP contribution in [0.4, 0.5) is 10.1 Å². The van der Waals surface area contributed by atoms with Gasteiger partial charge in [0.05, 0.1) is 12.7 Å². The standard InChI is InChI=1S/C16H24FN3O2/c1-11-6-7-13(12(17)8-11)18-14(21)9-20(5)10-15(22)19-16(2,3)4/h6-8H,9-10H2,1-5H3,(H,18,21)(H,19,22)/p+1. The Morgan fingerprint density at radius 3 is 2.32 bits per heavy atom. The average Bonchev–Trinajstić information content (AvgIpc) is 2.29. The van der Waals surface area contributed by atoms with E-state index in [0.29, 0.717) is 0 Å². The number of hydrogen-bond acceptors (Lipinski definition) is 2. The van der Waals surface area contributed by atoms with Crippen molar-refractivity contribution in [2.24, 2.45) is 0 Å². The van der Waals surface area contributed by atoms with E-state index < -0.39 is 5.82 Å². The number of aryl methyl sites for hydroxylation is 1. The van der Waals surface area contributed by atoms with E-state index in [1.54, 1.807) is 20.0 Å². The van der Waals surface area contributed by atoms with Crippen LogP contribution in [0.25, 0.3) is 0 Å². The van der Waals surface area contributed by atoms with Crippen LogP contribution in [-0.2, 0) is 9.59 Å². The highest BCUT2D eigenvalue weighted by Gasteiger charge is 2.19. The third kappa shape index (κ3) is 6.67. The Kier molecular flexibility index (Phi) is 6.05. The molecule has 1 unspecified atom stereocenters. The Labute approximate surface area is 130 Å². The van der Waals surface area contributed by atoms with E-state index in [-0.39, 0.29) is 36.1 Å². The molecule has 2 amide bonds. The minimum Gasteiger partial charge on any atom is -0.347 e. The third-order valence-corrected chi connectivity index (χ3v) is 2.84. The Morgan fingerprint density at radius 1 is 1.18 bits per heavy atom. The summed E-state index contributed by atoms with van der Waals surface area (Å²) in [4.78, 5) is 24.4. The maximum absolute atomic E-state index is 13.7. The highest BCUT2D eigenvalue weighted by molar-refractivity contribution is 5.91. The van der Waals surface area contributed by atoms with E-state index >= 15 is 0 Å². The van der Waals surface area contributed by atoms with E-state index in [0.717, 1.165) is 10.5 Å². The number of quaternary nitrogens is 1. The Balaban J connectivity index is 2.49. The third-order valence-electron chi connectivity index (χ3n) is 2.84. The quantitative estimate of drug-likeness (QED) is 0.742. The second kappa shape index (κ2) is 7.35. The zero-order valence-corrected chi connectivity index (χ0v) is 13.8. The van der Waals surface area contributed by atoms with Crippen molar-refractivity contribution in [3.05, 3.63) is 29.6 Å². The minimum atomic E-state index is -0.462. The number of hydrogen-bond donors (Lipinski definition) is 3. The summed E-state index contributed by atoms with van der Waals surface area (Å²) in [5, 5.41) is 5.36. The number of carbonyl (C=O) groups is 2. The molecule has 0 saturated heterocycles. The minimum absolute atomic E-state index is 0.0882. The van der Waals surface area contributed by atoms with Crippen LogP contribution >= 0.6 is 0 Å². The van der Waals surface area contributed by atoms with E-state index in [9.17, 15) is 14.0 Å². The lowest BCUT2D eigenvalue weighted by atomic mass is 10.1. The lowest BCUT2D eigenvalue weighted by Crippen LogP contribution is -3.11. The molecule has 5 nitrogen and oxygen atoms in total. The van der Waals surface area contributed by atoms with Crippen molar-refractivity contribution in [1.29, 1.82) is 0 Å². The van der Waals surface area contributed by atoms with E-state index in [2.05, 4.69) is 10.6 Å². The number of rotatable bonds is 5. The van der Waals surface area contributed by atoms with Gasteiger partial charge in [0, 0.05) is 5.54 Å². The monoisotopic (exact) mass is 310 g/mol. The topological polar surface area (TPSA) is 62.6 Å². The molecule has 0 fully saturated rings. The number of nitrogens with one attached hydrogen (secondary N) is 3. The van der Waals surface area contributed by atoms with Crippen molar-refractivity contribution in [1.82, 2.24) is 5.32 Å². The van der Waals surface area contributed by atoms with Crippen LogP contribution in [0.1, 0.15) is 26.3 Å². The van der Waals surface area contributed by atoms with Crippen LogP contribution in [0, 0.1) is 12.7 Å². The van der Waals surface area contributed by atoms with Gasteiger partial charge in [-0.25, -0.2) is 4.39 Å². The fourth-order valence-electron chi connectivity index (χ4n) is 1.99. The van der Waals surface area contributed by atoms with Gasteiger partial charge in [-0.3, -0.25) is 9.59 Å². The Bertz CT molecular complexity index is 553. The van der Waals surface area contributed by atoms with Gasteiger partial charge in [-0.2, -0.15) is 0 Å². The molecule has 1 atom stereocenters. The first kappa shape index (κ1) is 18.1. The normalized spacial score (nSPS) is 12.6. The lowest BCUT2D eigenvalue weighted by molar-refractivity contribution is -0.862. The molecule has 0 bridgehead atoms. The van der Waals surface area contributed by atoms with E-state index in [4.69, 9.17) is 0 Å². The largest absolute Gasteiger partial charge is 0.347 e. The van der Waals surface area contributed by atoms with Crippen molar-refractivity contribution in [2.45, 2.75) is 33.2 Å². The van der Waals surface area contributed by atoms with Gasteiger partial charge < -0.3 is 15.5 Å². The SMILES string of the molecule is Cc1ccc(NC(=O)C[NH+](C)CC(=O)NC(C)(C)C)c(F)c1. The predicted molar refractivity (Wildman–Crippen MR) is 84.3 cm³/mol. The van der Waals surface area contributed by atoms with Gasteiger partial charge in [-0.15, -0.1) is 0 Å². The maximum atomic E-state index is 13.7. The van der Waals surface area contributed by atoms with Crippen LogP contribution < -0.4 is 15.5 Å². The molecule has 0 saturated carbocycles. The number of carbonyl (C=O) groups excluding carboxylic acids is 2. The molecule has 0 spiro atoms. The summed E-state index contributed by atoms with van der Waals surface area (Å²) in [6.07, 6.45) is 0. The number of likely N-dealkylation sites (N-methyl/N-ethyl adjacent to an activating group) is 1. The van der Waals surface area contributed by atoms with Crippen LogP contribution in [0.3, 0.4) is 0 Å². The molecular formula is C16H25FN3O2+. The molecule has 6 heteroatoms. The molecule has 0 aromatic heterocycles. The van der Waals surface area contributed by atoms with Gasteiger partial charge in [0.15, 0.2) is 13.1 Å². The molecule has 1 aromatic carbocycles. The summed E-state index contributed by atoms with van der Waals surface area (Å²) < 4.78 is 13.7. The molecular weight excluding hydrogens is 285 g/mol. The molecule has 3 N–H and O–H groups in total. The number of anilines is 1. The average molecular weight is 310 g/mol. The summed E-state index contributed by atoms with van der Waals surface area (Å²) in [7, 11) is 1.74. The fourth-order valence-corrected chi connectivity index (χ4v) is 1.99. The summed E-state index contributed by atoms with van der Waals surface area (Å²) in [5.74, 6) is -0.917. The van der Waals surface area contributed by atoms with Crippen LogP contribution in [0.2, 0.25) is 0 Å². The molecule has 1 aromatic rings. The molecule has 122 valence electrons. The van der Waals surface area contributed by atoms with Gasteiger partial charge in [0.1, 0.15) is 5.82 Å². The van der Waals surface area contributed by atoms with Gasteiger partial charge in [-0.05, 0) is 45.4 Å². The van der Waals surface area contributed by atoms with Crippen molar-refractivity contribution in [2.75, 3.05) is 25.5 Å². The van der Waals surface area contributed by atoms with Crippen molar-refractivity contribution >= 4 is 17.5 Å². The smallest absolute Gasteiger partial charge is 0.279 e. The highest BCUT2D eigenvalue weighted by atomic mass is 19.1. The maximum Gasteiger partial charge on any atom is 0.279 e. The second-order valence-corrected chi connectivity index (χ2v) is 6.64. The number of benzene rings is 1. The zero-order valence-electron chi connectivity index (χ0n) is 13.8. The zero-order chi connectivity index (χ0) is 16.9. The first-order valence-corrected chi connectivity index (χ1v) is 7.25. The van der Waals surface area contributed by atoms with Gasteiger partial charge >= 0.3 is 0 Å². The van der Waals surface area contributed by atoms with Crippen molar-refractivity contribution < 1.29 is 18.9 Å². The van der Waals surface area contributed by atoms with Crippen LogP contribution in [0.15, 0.2) is 18.2 Å². The van der Waals surface area contributed by atoms with E-state index in [1.807, 2.05) is 20.8 Å². The second-order valence-electron chi connectivity index (χ2n) is 6.64. The fraction of sp³-hybridized carbons (Fsp3) is 0.500. The lowest BCUT2D eigenvalue weighted by Gasteiger charge is -2.21. The van der Waals surface area contributed by atoms with Crippen molar-refractivity contribution in [3.63, 3.8) is 0 Å². The molecule has 1 rings (SSSR count). The summed E-state index contributed by atoms with van der Waals surface area (Å²) in [6.45, 7) is 7.74. The van der Waals surface area contributed by atoms with Gasteiger partial charge in [0.2, 0.25) is 0 Å². The molecule has 0 aliphatic rings. The number of amides is 2. The highest BCUT2D eigenvalue weighted by Crippen LogP contribution is 2.14. The first-order valence-electron chi connectivity index (χ1n) is 7.25. The van der Waals surface area contributed by atoms with E-state index in [1.165, 1.54) is 12.1 Å². The molecule has 0 aliphatic heterocycles. The first-order chi connectivity index (χ1) is 10.1. The van der Waals surface area contributed by atoms with Gasteiger partial charge in [-0.1, -0.05) is 6.07 Å². The molecule has 0 heterocycles.